The Morgan fingerprint density at radius 2 is 1.82 bits per heavy atom. The van der Waals surface area contributed by atoms with Crippen molar-refractivity contribution in [3.05, 3.63) is 58.3 Å². The predicted octanol–water partition coefficient (Wildman–Crippen LogP) is 4.63. The van der Waals surface area contributed by atoms with Gasteiger partial charge in [0.2, 0.25) is 0 Å². The maximum absolute atomic E-state index is 5.57. The quantitative estimate of drug-likeness (QED) is 0.799. The Morgan fingerprint density at radius 1 is 1.05 bits per heavy atom. The van der Waals surface area contributed by atoms with Crippen LogP contribution >= 0.6 is 23.6 Å². The smallest absolute Gasteiger partial charge is 0.167 e. The summed E-state index contributed by atoms with van der Waals surface area (Å²) in [4.78, 5) is 1.29. The van der Waals surface area contributed by atoms with Crippen LogP contribution in [-0.2, 0) is 0 Å². The van der Waals surface area contributed by atoms with E-state index in [1.165, 1.54) is 42.5 Å². The molecule has 1 aromatic carbocycles. The van der Waals surface area contributed by atoms with E-state index < -0.39 is 0 Å². The van der Waals surface area contributed by atoms with Crippen LogP contribution in [0.15, 0.2) is 47.8 Å². The van der Waals surface area contributed by atoms with Gasteiger partial charge in [0.25, 0.3) is 0 Å². The molecule has 116 valence electrons. The van der Waals surface area contributed by atoms with Crippen molar-refractivity contribution in [2.75, 3.05) is 0 Å². The zero-order chi connectivity index (χ0) is 15.2. The number of hydrogen-bond donors (Lipinski definition) is 2. The second-order valence-corrected chi connectivity index (χ2v) is 7.20. The fourth-order valence-electron chi connectivity index (χ4n) is 3.02. The third kappa shape index (κ3) is 4.08. The molecule has 1 aliphatic rings. The van der Waals surface area contributed by atoms with Gasteiger partial charge in [-0.1, -0.05) is 55.7 Å². The first-order valence-electron chi connectivity index (χ1n) is 7.98. The van der Waals surface area contributed by atoms with Gasteiger partial charge < -0.3 is 10.6 Å². The maximum atomic E-state index is 5.57. The molecule has 2 N–H and O–H groups in total. The lowest BCUT2D eigenvalue weighted by Gasteiger charge is -2.27. The van der Waals surface area contributed by atoms with Gasteiger partial charge in [-0.2, -0.15) is 0 Å². The van der Waals surface area contributed by atoms with E-state index in [1.54, 1.807) is 11.3 Å². The second-order valence-electron chi connectivity index (χ2n) is 5.81. The highest BCUT2D eigenvalue weighted by molar-refractivity contribution is 7.80. The van der Waals surface area contributed by atoms with Crippen molar-refractivity contribution in [1.82, 2.24) is 10.6 Å². The van der Waals surface area contributed by atoms with Crippen LogP contribution in [0.4, 0.5) is 0 Å². The van der Waals surface area contributed by atoms with E-state index in [4.69, 9.17) is 12.2 Å². The van der Waals surface area contributed by atoms with Gasteiger partial charge >= 0.3 is 0 Å². The standard InChI is InChI=1S/C18H22N2S2/c21-18(19-15-10-5-2-6-11-15)20-17(16-12-7-13-22-16)14-8-3-1-4-9-14/h1,3-4,7-9,12-13,15,17H,2,5-6,10-11H2,(H2,19,20,21)/t17-/m0/s1. The Balaban J connectivity index is 1.69. The molecule has 1 fully saturated rings. The highest BCUT2D eigenvalue weighted by Gasteiger charge is 2.18. The van der Waals surface area contributed by atoms with Crippen LogP contribution in [0.2, 0.25) is 0 Å². The maximum Gasteiger partial charge on any atom is 0.167 e. The van der Waals surface area contributed by atoms with Gasteiger partial charge in [-0.15, -0.1) is 11.3 Å². The molecule has 0 bridgehead atoms. The highest BCUT2D eigenvalue weighted by atomic mass is 32.1. The Kier molecular flexibility index (Phi) is 5.46. The van der Waals surface area contributed by atoms with Crippen molar-refractivity contribution in [1.29, 1.82) is 0 Å². The zero-order valence-corrected chi connectivity index (χ0v) is 14.3. The first-order valence-corrected chi connectivity index (χ1v) is 9.27. The molecule has 3 rings (SSSR count). The fourth-order valence-corrected chi connectivity index (χ4v) is 4.11. The molecule has 0 radical (unpaired) electrons. The topological polar surface area (TPSA) is 24.1 Å². The first-order chi connectivity index (χ1) is 10.8. The summed E-state index contributed by atoms with van der Waals surface area (Å²) in [6.45, 7) is 0. The lowest BCUT2D eigenvalue weighted by Crippen LogP contribution is -2.44. The van der Waals surface area contributed by atoms with Crippen LogP contribution < -0.4 is 10.6 Å². The number of thiocarbonyl (C=S) groups is 1. The van der Waals surface area contributed by atoms with Crippen LogP contribution in [0.1, 0.15) is 48.6 Å². The summed E-state index contributed by atoms with van der Waals surface area (Å²) in [6.07, 6.45) is 6.45. The molecule has 0 amide bonds. The predicted molar refractivity (Wildman–Crippen MR) is 98.3 cm³/mol. The van der Waals surface area contributed by atoms with Crippen molar-refractivity contribution in [3.63, 3.8) is 0 Å². The molecule has 1 saturated carbocycles. The average molecular weight is 331 g/mol. The normalized spacial score (nSPS) is 16.9. The third-order valence-electron chi connectivity index (χ3n) is 4.18. The molecule has 1 aromatic heterocycles. The number of nitrogens with one attached hydrogen (secondary N) is 2. The summed E-state index contributed by atoms with van der Waals surface area (Å²) in [5, 5.41) is 9.91. The van der Waals surface area contributed by atoms with E-state index in [2.05, 4.69) is 52.4 Å². The van der Waals surface area contributed by atoms with Crippen molar-refractivity contribution >= 4 is 28.7 Å². The summed E-state index contributed by atoms with van der Waals surface area (Å²) in [6, 6.07) is 15.4. The van der Waals surface area contributed by atoms with E-state index in [0.717, 1.165) is 5.11 Å². The molecule has 2 nitrogen and oxygen atoms in total. The molecular weight excluding hydrogens is 308 g/mol. The van der Waals surface area contributed by atoms with Crippen molar-refractivity contribution in [2.24, 2.45) is 0 Å². The van der Waals surface area contributed by atoms with Crippen molar-refractivity contribution in [3.8, 4) is 0 Å². The summed E-state index contributed by atoms with van der Waals surface area (Å²) in [5.41, 5.74) is 1.25. The third-order valence-corrected chi connectivity index (χ3v) is 5.35. The summed E-state index contributed by atoms with van der Waals surface area (Å²) in [7, 11) is 0. The van der Waals surface area contributed by atoms with Crippen LogP contribution in [0.25, 0.3) is 0 Å². The minimum Gasteiger partial charge on any atom is -0.360 e. The molecule has 0 unspecified atom stereocenters. The van der Waals surface area contributed by atoms with Gasteiger partial charge in [-0.25, -0.2) is 0 Å². The Labute approximate surface area is 142 Å². The molecule has 0 saturated heterocycles. The van der Waals surface area contributed by atoms with Gasteiger partial charge in [-0.05, 0) is 42.1 Å². The Morgan fingerprint density at radius 3 is 2.50 bits per heavy atom. The van der Waals surface area contributed by atoms with Crippen LogP contribution in [0.5, 0.6) is 0 Å². The summed E-state index contributed by atoms with van der Waals surface area (Å²) >= 11 is 7.33. The van der Waals surface area contributed by atoms with E-state index in [0.29, 0.717) is 6.04 Å². The SMILES string of the molecule is S=C(NC1CCCCC1)N[C@@H](c1ccccc1)c1cccs1. The fraction of sp³-hybridized carbons (Fsp3) is 0.389. The molecule has 22 heavy (non-hydrogen) atoms. The summed E-state index contributed by atoms with van der Waals surface area (Å²) in [5.74, 6) is 0. The lowest BCUT2D eigenvalue weighted by molar-refractivity contribution is 0.411. The summed E-state index contributed by atoms with van der Waals surface area (Å²) < 4.78 is 0. The molecule has 1 heterocycles. The van der Waals surface area contributed by atoms with Crippen molar-refractivity contribution < 1.29 is 0 Å². The molecule has 2 aromatic rings. The molecule has 1 atom stereocenters. The van der Waals surface area contributed by atoms with Crippen molar-refractivity contribution in [2.45, 2.75) is 44.2 Å². The van der Waals surface area contributed by atoms with Crippen LogP contribution in [-0.4, -0.2) is 11.2 Å². The number of rotatable bonds is 4. The molecule has 0 spiro atoms. The Bertz CT molecular complexity index is 574. The monoisotopic (exact) mass is 330 g/mol. The molecule has 0 aliphatic heterocycles. The van der Waals surface area contributed by atoms with Gasteiger partial charge in [0, 0.05) is 10.9 Å². The Hall–Kier alpha value is -1.39. The first kappa shape index (κ1) is 15.5. The van der Waals surface area contributed by atoms with Crippen LogP contribution in [0.3, 0.4) is 0 Å². The number of hydrogen-bond acceptors (Lipinski definition) is 2. The van der Waals surface area contributed by atoms with E-state index in [9.17, 15) is 0 Å². The molecular formula is C18H22N2S2. The average Bonchev–Trinajstić information content (AvgIpc) is 3.08. The molecule has 1 aliphatic carbocycles. The van der Waals surface area contributed by atoms with Gasteiger partial charge in [-0.3, -0.25) is 0 Å². The minimum atomic E-state index is 0.129. The van der Waals surface area contributed by atoms with Crippen LogP contribution in [0, 0.1) is 0 Å². The van der Waals surface area contributed by atoms with Gasteiger partial charge in [0.05, 0.1) is 6.04 Å². The number of benzene rings is 1. The molecule has 4 heteroatoms. The van der Waals surface area contributed by atoms with Gasteiger partial charge in [0.15, 0.2) is 5.11 Å². The second kappa shape index (κ2) is 7.75. The van der Waals surface area contributed by atoms with E-state index in [1.807, 2.05) is 6.07 Å². The zero-order valence-electron chi connectivity index (χ0n) is 12.6. The largest absolute Gasteiger partial charge is 0.360 e. The van der Waals surface area contributed by atoms with E-state index >= 15 is 0 Å². The minimum absolute atomic E-state index is 0.129. The number of thiophene rings is 1. The van der Waals surface area contributed by atoms with Gasteiger partial charge in [0.1, 0.15) is 0 Å². The lowest BCUT2D eigenvalue weighted by atomic mass is 9.96. The highest BCUT2D eigenvalue weighted by Crippen LogP contribution is 2.26. The van der Waals surface area contributed by atoms with E-state index in [-0.39, 0.29) is 6.04 Å².